The predicted octanol–water partition coefficient (Wildman–Crippen LogP) is 0.966. The van der Waals surface area contributed by atoms with Gasteiger partial charge in [0.2, 0.25) is 5.95 Å². The highest BCUT2D eigenvalue weighted by Crippen LogP contribution is 2.26. The Balaban J connectivity index is 1.07. The minimum Gasteiger partial charge on any atom is -0.463 e. The largest absolute Gasteiger partial charge is 0.463 e. The molecule has 13 nitrogen and oxygen atoms in total. The van der Waals surface area contributed by atoms with Gasteiger partial charge in [0.15, 0.2) is 11.4 Å². The number of nitrogen functional groups attached to an aromatic ring is 1. The van der Waals surface area contributed by atoms with E-state index in [2.05, 4.69) is 25.3 Å². The molecule has 5 N–H and O–H groups in total. The van der Waals surface area contributed by atoms with E-state index in [-0.39, 0.29) is 18.1 Å². The van der Waals surface area contributed by atoms with E-state index in [9.17, 15) is 14.3 Å². The fourth-order valence-corrected chi connectivity index (χ4v) is 5.01. The van der Waals surface area contributed by atoms with Crippen LogP contribution in [-0.2, 0) is 6.54 Å². The number of piperazine rings is 1. The standard InChI is InChI=1S/C27H30FN9O4/c28-19-12-17(26(40)30-14-18(39)15-38)3-4-21(19)35-8-5-34(6-9-35)7-10-36-16-31-24-22-13-20(23-2-1-11-41-23)33-37(22)27(29)32-25(24)36/h1-4,11-13,16,18,38-39H,5-10,14-15H2,(H2,29,32)(H,30,40). The van der Waals surface area contributed by atoms with Crippen LogP contribution in [0, 0.1) is 5.82 Å². The van der Waals surface area contributed by atoms with Crippen LogP contribution >= 0.6 is 0 Å². The van der Waals surface area contributed by atoms with Crippen molar-refractivity contribution in [2.24, 2.45) is 0 Å². The Morgan fingerprint density at radius 3 is 2.73 bits per heavy atom. The first-order chi connectivity index (χ1) is 19.9. The Morgan fingerprint density at radius 1 is 1.17 bits per heavy atom. The number of nitrogens with two attached hydrogens (primary N) is 1. The van der Waals surface area contributed by atoms with Crippen LogP contribution in [-0.4, -0.2) is 97.1 Å². The van der Waals surface area contributed by atoms with Gasteiger partial charge in [0, 0.05) is 51.4 Å². The zero-order chi connectivity index (χ0) is 28.5. The van der Waals surface area contributed by atoms with Crippen molar-refractivity contribution in [3.8, 4) is 11.5 Å². The fraction of sp³-hybridized carbons (Fsp3) is 0.333. The summed E-state index contributed by atoms with van der Waals surface area (Å²) in [6, 6.07) is 9.87. The van der Waals surface area contributed by atoms with Gasteiger partial charge < -0.3 is 35.1 Å². The maximum Gasteiger partial charge on any atom is 0.251 e. The molecule has 1 aliphatic rings. The topological polar surface area (TPSA) is 163 Å². The first-order valence-corrected chi connectivity index (χ1v) is 13.3. The number of imidazole rings is 1. The summed E-state index contributed by atoms with van der Waals surface area (Å²) in [7, 11) is 0. The molecule has 6 rings (SSSR count). The Kier molecular flexibility index (Phi) is 7.26. The molecule has 1 amide bonds. The number of hydrogen-bond donors (Lipinski definition) is 4. The van der Waals surface area contributed by atoms with Crippen molar-refractivity contribution >= 4 is 34.2 Å². The molecule has 1 fully saturated rings. The second-order valence-electron chi connectivity index (χ2n) is 9.93. The van der Waals surface area contributed by atoms with E-state index < -0.39 is 24.4 Å². The van der Waals surface area contributed by atoms with Crippen LogP contribution in [0.2, 0.25) is 0 Å². The van der Waals surface area contributed by atoms with Crippen molar-refractivity contribution in [3.05, 3.63) is 60.4 Å². The summed E-state index contributed by atoms with van der Waals surface area (Å²) >= 11 is 0. The predicted molar refractivity (Wildman–Crippen MR) is 149 cm³/mol. The van der Waals surface area contributed by atoms with Gasteiger partial charge in [-0.25, -0.2) is 9.37 Å². The number of fused-ring (bicyclic) bond motifs is 3. The molecule has 0 spiro atoms. The molecular weight excluding hydrogens is 533 g/mol. The lowest BCUT2D eigenvalue weighted by molar-refractivity contribution is 0.0801. The maximum atomic E-state index is 14.9. The van der Waals surface area contributed by atoms with E-state index in [1.807, 2.05) is 21.6 Å². The van der Waals surface area contributed by atoms with Gasteiger partial charge in [0.25, 0.3) is 5.91 Å². The molecule has 0 radical (unpaired) electrons. The highest BCUT2D eigenvalue weighted by atomic mass is 19.1. The Hall–Kier alpha value is -4.53. The van der Waals surface area contributed by atoms with Gasteiger partial charge in [-0.15, -0.1) is 0 Å². The van der Waals surface area contributed by atoms with Gasteiger partial charge in [0.1, 0.15) is 22.5 Å². The summed E-state index contributed by atoms with van der Waals surface area (Å²) in [6.45, 7) is 3.57. The second-order valence-corrected chi connectivity index (χ2v) is 9.93. The van der Waals surface area contributed by atoms with E-state index >= 15 is 0 Å². The average Bonchev–Trinajstić information content (AvgIpc) is 3.75. The third-order valence-corrected chi connectivity index (χ3v) is 7.26. The summed E-state index contributed by atoms with van der Waals surface area (Å²) in [5.41, 5.74) is 9.60. The molecule has 0 bridgehead atoms. The molecule has 14 heteroatoms. The number of rotatable bonds is 9. The molecule has 1 atom stereocenters. The fourth-order valence-electron chi connectivity index (χ4n) is 5.01. The van der Waals surface area contributed by atoms with Crippen LogP contribution in [0.15, 0.2) is 53.4 Å². The van der Waals surface area contributed by atoms with Gasteiger partial charge in [-0.1, -0.05) is 0 Å². The van der Waals surface area contributed by atoms with Gasteiger partial charge >= 0.3 is 0 Å². The summed E-state index contributed by atoms with van der Waals surface area (Å²) in [5.74, 6) is -0.100. The molecule has 1 aromatic carbocycles. The van der Waals surface area contributed by atoms with Crippen LogP contribution < -0.4 is 16.0 Å². The molecule has 1 aliphatic heterocycles. The molecule has 0 aliphatic carbocycles. The summed E-state index contributed by atoms with van der Waals surface area (Å²) in [4.78, 5) is 25.6. The minimum absolute atomic E-state index is 0.111. The smallest absolute Gasteiger partial charge is 0.251 e. The molecule has 1 unspecified atom stereocenters. The SMILES string of the molecule is Nc1nc2c(ncn2CCN2CCN(c3ccc(C(=O)NCC(O)CO)cc3F)CC2)c2cc(-c3ccco3)nn12. The Morgan fingerprint density at radius 2 is 2.00 bits per heavy atom. The van der Waals surface area contributed by atoms with Gasteiger partial charge in [-0.2, -0.15) is 14.6 Å². The Bertz CT molecular complexity index is 1680. The quantitative estimate of drug-likeness (QED) is 0.203. The van der Waals surface area contributed by atoms with E-state index in [1.165, 1.54) is 6.07 Å². The summed E-state index contributed by atoms with van der Waals surface area (Å²) < 4.78 is 23.9. The highest BCUT2D eigenvalue weighted by molar-refractivity contribution is 5.94. The molecule has 4 aromatic heterocycles. The van der Waals surface area contributed by atoms with Gasteiger partial charge in [-0.05, 0) is 36.4 Å². The van der Waals surface area contributed by atoms with E-state index in [4.69, 9.17) is 15.3 Å². The molecule has 214 valence electrons. The molecule has 5 aromatic rings. The third kappa shape index (κ3) is 5.31. The zero-order valence-corrected chi connectivity index (χ0v) is 22.1. The number of nitrogens with zero attached hydrogens (tertiary/aromatic N) is 7. The number of anilines is 2. The van der Waals surface area contributed by atoms with Crippen molar-refractivity contribution in [2.75, 3.05) is 56.5 Å². The van der Waals surface area contributed by atoms with Crippen molar-refractivity contribution in [1.82, 2.24) is 34.4 Å². The molecular formula is C27H30FN9O4. The van der Waals surface area contributed by atoms with Gasteiger partial charge in [0.05, 0.1) is 31.0 Å². The second kappa shape index (κ2) is 11.2. The molecule has 0 saturated carbocycles. The zero-order valence-electron chi connectivity index (χ0n) is 22.1. The first-order valence-electron chi connectivity index (χ1n) is 13.3. The normalized spacial score (nSPS) is 15.1. The van der Waals surface area contributed by atoms with Crippen molar-refractivity contribution in [1.29, 1.82) is 0 Å². The van der Waals surface area contributed by atoms with Gasteiger partial charge in [-0.3, -0.25) is 9.69 Å². The maximum absolute atomic E-state index is 14.9. The first kappa shape index (κ1) is 26.7. The third-order valence-electron chi connectivity index (χ3n) is 7.26. The van der Waals surface area contributed by atoms with Crippen LogP contribution in [0.4, 0.5) is 16.0 Å². The lowest BCUT2D eigenvalue weighted by atomic mass is 10.1. The number of amides is 1. The van der Waals surface area contributed by atoms with E-state index in [1.54, 1.807) is 35.3 Å². The van der Waals surface area contributed by atoms with Crippen molar-refractivity contribution in [3.63, 3.8) is 0 Å². The van der Waals surface area contributed by atoms with Crippen LogP contribution in [0.25, 0.3) is 28.1 Å². The van der Waals surface area contributed by atoms with Crippen molar-refractivity contribution in [2.45, 2.75) is 12.6 Å². The lowest BCUT2D eigenvalue weighted by Gasteiger charge is -2.36. The number of benzene rings is 1. The van der Waals surface area contributed by atoms with E-state index in [0.717, 1.165) is 25.2 Å². The summed E-state index contributed by atoms with van der Waals surface area (Å²) in [5, 5.41) is 25.3. The number of furan rings is 1. The monoisotopic (exact) mass is 563 g/mol. The molecule has 5 heterocycles. The van der Waals surface area contributed by atoms with Crippen LogP contribution in [0.1, 0.15) is 10.4 Å². The van der Waals surface area contributed by atoms with E-state index in [0.29, 0.717) is 47.9 Å². The summed E-state index contributed by atoms with van der Waals surface area (Å²) in [6.07, 6.45) is 2.29. The number of hydrogen-bond acceptors (Lipinski definition) is 10. The lowest BCUT2D eigenvalue weighted by Crippen LogP contribution is -2.47. The average molecular weight is 564 g/mol. The van der Waals surface area contributed by atoms with Crippen molar-refractivity contribution < 1.29 is 23.8 Å². The van der Waals surface area contributed by atoms with Crippen LogP contribution in [0.5, 0.6) is 0 Å². The number of halogens is 1. The number of aliphatic hydroxyl groups excluding tert-OH is 2. The number of carbonyl (C=O) groups excluding carboxylic acids is 1. The number of aromatic nitrogens is 5. The number of carbonyl (C=O) groups is 1. The number of aliphatic hydroxyl groups is 2. The number of nitrogens with one attached hydrogen (secondary N) is 1. The Labute approximate surface area is 233 Å². The minimum atomic E-state index is -1.06. The van der Waals surface area contributed by atoms with Crippen LogP contribution in [0.3, 0.4) is 0 Å². The molecule has 1 saturated heterocycles. The highest BCUT2D eigenvalue weighted by Gasteiger charge is 2.22. The molecule has 41 heavy (non-hydrogen) atoms.